The normalized spacial score (nSPS) is 11.2. The smallest absolute Gasteiger partial charge is 0.213 e. The van der Waals surface area contributed by atoms with Crippen LogP contribution >= 0.6 is 0 Å². The number of H-pyrrole nitrogens is 1. The van der Waals surface area contributed by atoms with Crippen molar-refractivity contribution in [3.8, 4) is 5.88 Å². The molecule has 0 aromatic carbocycles. The number of nitrogens with zero attached hydrogens (tertiary/aromatic N) is 1. The van der Waals surface area contributed by atoms with E-state index < -0.39 is 0 Å². The molecule has 0 bridgehead atoms. The first-order valence-corrected chi connectivity index (χ1v) is 8.95. The van der Waals surface area contributed by atoms with Crippen LogP contribution in [0.2, 0.25) is 0 Å². The lowest BCUT2D eigenvalue weighted by Gasteiger charge is -2.06. The molecule has 0 amide bonds. The summed E-state index contributed by atoms with van der Waals surface area (Å²) in [5, 5.41) is 0. The molecule has 1 N–H and O–H groups in total. The fraction of sp³-hybridized carbons (Fsp3) is 0.632. The molecular weight excluding hydrogens is 272 g/mol. The largest absolute Gasteiger partial charge is 0.478 e. The number of hydrogen-bond donors (Lipinski definition) is 1. The van der Waals surface area contributed by atoms with Gasteiger partial charge in [-0.3, -0.25) is 0 Å². The van der Waals surface area contributed by atoms with Gasteiger partial charge in [0.2, 0.25) is 5.88 Å². The van der Waals surface area contributed by atoms with E-state index in [0.29, 0.717) is 0 Å². The maximum atomic E-state index is 5.82. The maximum Gasteiger partial charge on any atom is 0.213 e. The number of ether oxygens (including phenoxy) is 1. The van der Waals surface area contributed by atoms with Crippen LogP contribution in [0.25, 0.3) is 11.0 Å². The Bertz CT molecular complexity index is 547. The molecular formula is C19H30N2O. The van der Waals surface area contributed by atoms with Crippen molar-refractivity contribution in [2.24, 2.45) is 0 Å². The monoisotopic (exact) mass is 302 g/mol. The predicted octanol–water partition coefficient (Wildman–Crippen LogP) is 5.64. The molecule has 0 aliphatic rings. The van der Waals surface area contributed by atoms with Crippen molar-refractivity contribution in [1.29, 1.82) is 0 Å². The average molecular weight is 302 g/mol. The van der Waals surface area contributed by atoms with Crippen LogP contribution < -0.4 is 4.74 Å². The van der Waals surface area contributed by atoms with Crippen LogP contribution in [0.15, 0.2) is 18.3 Å². The molecule has 2 aromatic heterocycles. The molecule has 22 heavy (non-hydrogen) atoms. The second-order valence-electron chi connectivity index (χ2n) is 6.08. The zero-order valence-corrected chi connectivity index (χ0v) is 14.2. The van der Waals surface area contributed by atoms with E-state index in [-0.39, 0.29) is 0 Å². The minimum atomic E-state index is 0.760. The highest BCUT2D eigenvalue weighted by molar-refractivity contribution is 5.79. The fourth-order valence-electron chi connectivity index (χ4n) is 2.81. The number of rotatable bonds is 11. The minimum Gasteiger partial charge on any atom is -0.478 e. The molecule has 0 atom stereocenters. The number of unbranched alkanes of at least 4 members (excludes halogenated alkanes) is 6. The van der Waals surface area contributed by atoms with E-state index in [0.717, 1.165) is 42.8 Å². The van der Waals surface area contributed by atoms with Crippen LogP contribution in [0.3, 0.4) is 0 Å². The molecule has 0 aliphatic carbocycles. The van der Waals surface area contributed by atoms with Gasteiger partial charge in [-0.05, 0) is 24.5 Å². The number of nitrogens with one attached hydrogen (secondary N) is 1. The highest BCUT2D eigenvalue weighted by atomic mass is 16.5. The van der Waals surface area contributed by atoms with Gasteiger partial charge < -0.3 is 9.72 Å². The van der Waals surface area contributed by atoms with E-state index in [9.17, 15) is 0 Å². The third-order valence-electron chi connectivity index (χ3n) is 4.09. The Labute approximate surface area is 134 Å². The number of aromatic nitrogens is 2. The van der Waals surface area contributed by atoms with Gasteiger partial charge in [0.15, 0.2) is 0 Å². The summed E-state index contributed by atoms with van der Waals surface area (Å²) in [6.07, 6.45) is 13.4. The Morgan fingerprint density at radius 2 is 1.73 bits per heavy atom. The molecule has 0 unspecified atom stereocenters. The van der Waals surface area contributed by atoms with Crippen molar-refractivity contribution in [3.05, 3.63) is 23.9 Å². The van der Waals surface area contributed by atoms with E-state index in [1.54, 1.807) is 0 Å². The van der Waals surface area contributed by atoms with Gasteiger partial charge in [-0.25, -0.2) is 4.98 Å². The maximum absolute atomic E-state index is 5.82. The summed E-state index contributed by atoms with van der Waals surface area (Å²) in [6, 6.07) is 4.04. The third-order valence-corrected chi connectivity index (χ3v) is 4.09. The zero-order chi connectivity index (χ0) is 15.6. The fourth-order valence-corrected chi connectivity index (χ4v) is 2.81. The minimum absolute atomic E-state index is 0.760. The van der Waals surface area contributed by atoms with E-state index in [1.165, 1.54) is 44.1 Å². The van der Waals surface area contributed by atoms with Gasteiger partial charge >= 0.3 is 0 Å². The van der Waals surface area contributed by atoms with Gasteiger partial charge in [-0.1, -0.05) is 58.8 Å². The van der Waals surface area contributed by atoms with Crippen molar-refractivity contribution in [1.82, 2.24) is 9.97 Å². The van der Waals surface area contributed by atoms with Gasteiger partial charge in [0.25, 0.3) is 0 Å². The molecule has 0 radical (unpaired) electrons. The van der Waals surface area contributed by atoms with Gasteiger partial charge in [0.1, 0.15) is 0 Å². The molecule has 0 saturated carbocycles. The van der Waals surface area contributed by atoms with Crippen molar-refractivity contribution >= 4 is 11.0 Å². The summed E-state index contributed by atoms with van der Waals surface area (Å²) in [5.41, 5.74) is 3.46. The summed E-state index contributed by atoms with van der Waals surface area (Å²) < 4.78 is 5.82. The van der Waals surface area contributed by atoms with Crippen LogP contribution in [0.1, 0.15) is 70.8 Å². The van der Waals surface area contributed by atoms with E-state index in [2.05, 4.69) is 36.1 Å². The molecule has 2 rings (SSSR count). The second-order valence-corrected chi connectivity index (χ2v) is 6.08. The molecule has 122 valence electrons. The van der Waals surface area contributed by atoms with Crippen molar-refractivity contribution < 1.29 is 4.74 Å². The predicted molar refractivity (Wildman–Crippen MR) is 93.6 cm³/mol. The highest BCUT2D eigenvalue weighted by Crippen LogP contribution is 2.21. The van der Waals surface area contributed by atoms with Crippen LogP contribution in [-0.4, -0.2) is 16.6 Å². The topological polar surface area (TPSA) is 37.9 Å². The molecule has 0 fully saturated rings. The third kappa shape index (κ3) is 5.04. The summed E-state index contributed by atoms with van der Waals surface area (Å²) in [5.74, 6) is 0.760. The lowest BCUT2D eigenvalue weighted by atomic mass is 10.1. The molecule has 0 saturated heterocycles. The first-order valence-electron chi connectivity index (χ1n) is 8.95. The molecule has 2 aromatic rings. The van der Waals surface area contributed by atoms with Gasteiger partial charge in [0, 0.05) is 12.3 Å². The van der Waals surface area contributed by atoms with Crippen LogP contribution in [0.5, 0.6) is 5.88 Å². The first kappa shape index (κ1) is 16.9. The lowest BCUT2D eigenvalue weighted by molar-refractivity contribution is 0.294. The summed E-state index contributed by atoms with van der Waals surface area (Å²) in [4.78, 5) is 7.94. The van der Waals surface area contributed by atoms with Crippen LogP contribution in [-0.2, 0) is 6.42 Å². The summed E-state index contributed by atoms with van der Waals surface area (Å²) >= 11 is 0. The molecule has 3 heteroatoms. The van der Waals surface area contributed by atoms with Gasteiger partial charge in [0.05, 0.1) is 17.6 Å². The van der Waals surface area contributed by atoms with Crippen molar-refractivity contribution in [2.75, 3.05) is 6.61 Å². The number of aryl methyl sites for hydroxylation is 1. The van der Waals surface area contributed by atoms with E-state index in [4.69, 9.17) is 4.74 Å². The number of pyridine rings is 1. The Morgan fingerprint density at radius 3 is 2.50 bits per heavy atom. The van der Waals surface area contributed by atoms with Gasteiger partial charge in [-0.15, -0.1) is 0 Å². The second kappa shape index (κ2) is 9.50. The molecule has 0 spiro atoms. The van der Waals surface area contributed by atoms with Crippen LogP contribution in [0.4, 0.5) is 0 Å². The zero-order valence-electron chi connectivity index (χ0n) is 14.2. The number of fused-ring (bicyclic) bond motifs is 1. The van der Waals surface area contributed by atoms with Crippen molar-refractivity contribution in [3.63, 3.8) is 0 Å². The summed E-state index contributed by atoms with van der Waals surface area (Å²) in [7, 11) is 0. The number of aromatic amines is 1. The lowest BCUT2D eigenvalue weighted by Crippen LogP contribution is -1.99. The van der Waals surface area contributed by atoms with E-state index >= 15 is 0 Å². The Hall–Kier alpha value is -1.51. The first-order chi connectivity index (χ1) is 10.8. The average Bonchev–Trinajstić information content (AvgIpc) is 2.93. The Morgan fingerprint density at radius 1 is 0.955 bits per heavy atom. The number of hydrogen-bond acceptors (Lipinski definition) is 2. The summed E-state index contributed by atoms with van der Waals surface area (Å²) in [6.45, 7) is 5.23. The van der Waals surface area contributed by atoms with Crippen LogP contribution in [0, 0.1) is 0 Å². The van der Waals surface area contributed by atoms with E-state index in [1.807, 2.05) is 6.07 Å². The highest BCUT2D eigenvalue weighted by Gasteiger charge is 2.06. The Balaban J connectivity index is 1.73. The Kier molecular flexibility index (Phi) is 7.27. The molecule has 2 heterocycles. The van der Waals surface area contributed by atoms with Crippen molar-refractivity contribution in [2.45, 2.75) is 71.6 Å². The van der Waals surface area contributed by atoms with Gasteiger partial charge in [-0.2, -0.15) is 0 Å². The quantitative estimate of drug-likeness (QED) is 0.545. The standard InChI is InChI=1S/C19H30N2O/c1-3-5-6-7-8-9-10-14-22-18-13-12-17-19(21-18)16(11-4-2)15-20-17/h12-13,15,20H,3-11,14H2,1-2H3. The molecule has 0 aliphatic heterocycles. The molecule has 3 nitrogen and oxygen atoms in total. The SMILES string of the molecule is CCCCCCCCCOc1ccc2[nH]cc(CCC)c2n1.